The number of pyridine rings is 1. The Morgan fingerprint density at radius 1 is 1.44 bits per heavy atom. The van der Waals surface area contributed by atoms with Gasteiger partial charge in [-0.1, -0.05) is 29.9 Å². The third kappa shape index (κ3) is 2.48. The van der Waals surface area contributed by atoms with Gasteiger partial charge in [-0.3, -0.25) is 0 Å². The fourth-order valence-corrected chi connectivity index (χ4v) is 1.68. The van der Waals surface area contributed by atoms with Crippen LogP contribution in [0.1, 0.15) is 11.1 Å². The van der Waals surface area contributed by atoms with Gasteiger partial charge in [-0.15, -0.1) is 0 Å². The molecule has 0 saturated heterocycles. The Labute approximate surface area is 105 Å². The molecule has 1 aromatic carbocycles. The second-order valence-electron chi connectivity index (χ2n) is 3.92. The van der Waals surface area contributed by atoms with E-state index in [4.69, 9.17) is 9.94 Å². The van der Waals surface area contributed by atoms with Gasteiger partial charge < -0.3 is 9.94 Å². The Kier molecular flexibility index (Phi) is 3.57. The maximum atomic E-state index is 8.65. The van der Waals surface area contributed by atoms with E-state index in [0.717, 1.165) is 16.5 Å². The summed E-state index contributed by atoms with van der Waals surface area (Å²) in [6, 6.07) is 7.84. The zero-order chi connectivity index (χ0) is 13.0. The van der Waals surface area contributed by atoms with Crippen LogP contribution in [0.4, 0.5) is 0 Å². The van der Waals surface area contributed by atoms with E-state index in [-0.39, 0.29) is 0 Å². The van der Waals surface area contributed by atoms with Crippen molar-refractivity contribution in [2.45, 2.75) is 6.92 Å². The average molecular weight is 242 g/mol. The summed E-state index contributed by atoms with van der Waals surface area (Å²) in [6.45, 7) is 5.96. The lowest BCUT2D eigenvalue weighted by Crippen LogP contribution is -2.00. The molecule has 4 heteroatoms. The number of ether oxygens (including phenoxy) is 1. The van der Waals surface area contributed by atoms with Crippen molar-refractivity contribution in [3.8, 4) is 5.88 Å². The van der Waals surface area contributed by atoms with Crippen molar-refractivity contribution in [2.75, 3.05) is 6.61 Å². The van der Waals surface area contributed by atoms with Crippen LogP contribution in [0.15, 0.2) is 42.1 Å². The van der Waals surface area contributed by atoms with Gasteiger partial charge >= 0.3 is 0 Å². The maximum absolute atomic E-state index is 8.65. The maximum Gasteiger partial charge on any atom is 0.223 e. The Morgan fingerprint density at radius 2 is 2.28 bits per heavy atom. The summed E-state index contributed by atoms with van der Waals surface area (Å²) in [7, 11) is 0. The number of oxime groups is 1. The molecule has 1 aromatic heterocycles. The number of rotatable bonds is 4. The molecule has 2 rings (SSSR count). The standard InChI is InChI=1S/C14H14N2O2/c1-3-6-18-14-12(9-15-17)8-11-5-4-10(2)7-13(11)16-14/h3-5,7-9,17H,1,6H2,2H3/b15-9+. The number of aryl methyl sites for hydroxylation is 1. The molecule has 0 radical (unpaired) electrons. The van der Waals surface area contributed by atoms with Crippen LogP contribution in [0, 0.1) is 6.92 Å². The largest absolute Gasteiger partial charge is 0.473 e. The van der Waals surface area contributed by atoms with Crippen LogP contribution in [-0.4, -0.2) is 23.0 Å². The Morgan fingerprint density at radius 3 is 3.00 bits per heavy atom. The first-order valence-corrected chi connectivity index (χ1v) is 5.57. The number of hydrogen-bond acceptors (Lipinski definition) is 4. The molecule has 92 valence electrons. The summed E-state index contributed by atoms with van der Waals surface area (Å²) >= 11 is 0. The average Bonchev–Trinajstić information content (AvgIpc) is 2.37. The fraction of sp³-hybridized carbons (Fsp3) is 0.143. The molecule has 2 aromatic rings. The number of nitrogens with zero attached hydrogens (tertiary/aromatic N) is 2. The molecule has 4 nitrogen and oxygen atoms in total. The van der Waals surface area contributed by atoms with Crippen LogP contribution < -0.4 is 4.74 Å². The summed E-state index contributed by atoms with van der Waals surface area (Å²) in [5, 5.41) is 12.7. The van der Waals surface area contributed by atoms with E-state index in [0.29, 0.717) is 18.1 Å². The zero-order valence-electron chi connectivity index (χ0n) is 10.1. The minimum atomic E-state index is 0.358. The van der Waals surface area contributed by atoms with Crippen LogP contribution >= 0.6 is 0 Å². The molecule has 0 aliphatic carbocycles. The summed E-state index contributed by atoms with van der Waals surface area (Å²) in [4.78, 5) is 4.42. The lowest BCUT2D eigenvalue weighted by Gasteiger charge is -2.08. The molecule has 0 saturated carbocycles. The van der Waals surface area contributed by atoms with Gasteiger partial charge in [0.1, 0.15) is 6.61 Å². The first-order chi connectivity index (χ1) is 8.74. The summed E-state index contributed by atoms with van der Waals surface area (Å²) in [5.41, 5.74) is 2.62. The molecule has 0 unspecified atom stereocenters. The van der Waals surface area contributed by atoms with Gasteiger partial charge in [0.2, 0.25) is 5.88 Å². The minimum absolute atomic E-state index is 0.358. The van der Waals surface area contributed by atoms with E-state index in [2.05, 4.69) is 16.7 Å². The topological polar surface area (TPSA) is 54.7 Å². The molecular weight excluding hydrogens is 228 g/mol. The molecule has 0 fully saturated rings. The second kappa shape index (κ2) is 5.31. The Bertz CT molecular complexity index is 606. The van der Waals surface area contributed by atoms with Gasteiger partial charge in [0.05, 0.1) is 17.3 Å². The van der Waals surface area contributed by atoms with Crippen LogP contribution in [0.2, 0.25) is 0 Å². The van der Waals surface area contributed by atoms with Crippen LogP contribution in [0.5, 0.6) is 5.88 Å². The van der Waals surface area contributed by atoms with Crippen molar-refractivity contribution >= 4 is 17.1 Å². The number of benzene rings is 1. The first kappa shape index (κ1) is 12.1. The predicted octanol–water partition coefficient (Wildman–Crippen LogP) is 2.92. The van der Waals surface area contributed by atoms with Gasteiger partial charge in [0.25, 0.3) is 0 Å². The predicted molar refractivity (Wildman–Crippen MR) is 71.6 cm³/mol. The lowest BCUT2D eigenvalue weighted by atomic mass is 10.1. The van der Waals surface area contributed by atoms with Crippen molar-refractivity contribution in [1.82, 2.24) is 4.98 Å². The summed E-state index contributed by atoms with van der Waals surface area (Å²) < 4.78 is 5.46. The zero-order valence-corrected chi connectivity index (χ0v) is 10.1. The summed E-state index contributed by atoms with van der Waals surface area (Å²) in [5.74, 6) is 0.436. The van der Waals surface area contributed by atoms with Crippen molar-refractivity contribution in [1.29, 1.82) is 0 Å². The van der Waals surface area contributed by atoms with Gasteiger partial charge in [0.15, 0.2) is 0 Å². The van der Waals surface area contributed by atoms with Crippen LogP contribution in [0.25, 0.3) is 10.9 Å². The van der Waals surface area contributed by atoms with Crippen LogP contribution in [0.3, 0.4) is 0 Å². The van der Waals surface area contributed by atoms with Gasteiger partial charge in [-0.05, 0) is 24.6 Å². The normalized spacial score (nSPS) is 10.9. The Hall–Kier alpha value is -2.36. The highest BCUT2D eigenvalue weighted by Crippen LogP contribution is 2.22. The highest BCUT2D eigenvalue weighted by atomic mass is 16.5. The van der Waals surface area contributed by atoms with E-state index in [1.165, 1.54) is 6.21 Å². The molecule has 0 spiro atoms. The molecule has 18 heavy (non-hydrogen) atoms. The van der Waals surface area contributed by atoms with E-state index in [9.17, 15) is 0 Å². The molecular formula is C14H14N2O2. The molecule has 0 aliphatic rings. The van der Waals surface area contributed by atoms with Crippen LogP contribution in [-0.2, 0) is 0 Å². The SMILES string of the molecule is C=CCOc1nc2cc(C)ccc2cc1/C=N/O. The summed E-state index contributed by atoms with van der Waals surface area (Å²) in [6.07, 6.45) is 2.95. The fourth-order valence-electron chi connectivity index (χ4n) is 1.68. The molecule has 0 bridgehead atoms. The third-order valence-corrected chi connectivity index (χ3v) is 2.50. The Balaban J connectivity index is 2.56. The van der Waals surface area contributed by atoms with Gasteiger partial charge in [-0.25, -0.2) is 4.98 Å². The van der Waals surface area contributed by atoms with Gasteiger partial charge in [0, 0.05) is 5.39 Å². The number of fused-ring (bicyclic) bond motifs is 1. The highest BCUT2D eigenvalue weighted by molar-refractivity contribution is 5.90. The lowest BCUT2D eigenvalue weighted by molar-refractivity contribution is 0.320. The van der Waals surface area contributed by atoms with E-state index < -0.39 is 0 Å². The van der Waals surface area contributed by atoms with Crippen molar-refractivity contribution in [2.24, 2.45) is 5.16 Å². The van der Waals surface area contributed by atoms with Crippen molar-refractivity contribution in [3.63, 3.8) is 0 Å². The highest BCUT2D eigenvalue weighted by Gasteiger charge is 2.06. The quantitative estimate of drug-likeness (QED) is 0.388. The number of aromatic nitrogens is 1. The first-order valence-electron chi connectivity index (χ1n) is 5.57. The van der Waals surface area contributed by atoms with Crippen molar-refractivity contribution < 1.29 is 9.94 Å². The van der Waals surface area contributed by atoms with E-state index in [1.807, 2.05) is 31.2 Å². The molecule has 0 aliphatic heterocycles. The second-order valence-corrected chi connectivity index (χ2v) is 3.92. The van der Waals surface area contributed by atoms with E-state index in [1.54, 1.807) is 6.08 Å². The smallest absolute Gasteiger partial charge is 0.223 e. The molecule has 0 atom stereocenters. The molecule has 1 heterocycles. The minimum Gasteiger partial charge on any atom is -0.473 e. The van der Waals surface area contributed by atoms with Crippen molar-refractivity contribution in [3.05, 3.63) is 48.0 Å². The van der Waals surface area contributed by atoms with Gasteiger partial charge in [-0.2, -0.15) is 0 Å². The monoisotopic (exact) mass is 242 g/mol. The molecule has 0 amide bonds. The molecule has 1 N–H and O–H groups in total. The number of hydrogen-bond donors (Lipinski definition) is 1. The third-order valence-electron chi connectivity index (χ3n) is 2.50. The van der Waals surface area contributed by atoms with E-state index >= 15 is 0 Å².